The highest BCUT2D eigenvalue weighted by molar-refractivity contribution is 7.98. The largest absolute Gasteiger partial charge is 0.476 e. The lowest BCUT2D eigenvalue weighted by atomic mass is 10.2. The smallest absolute Gasteiger partial charge is 0.263 e. The van der Waals surface area contributed by atoms with Crippen LogP contribution in [0.2, 0.25) is 15.1 Å². The normalized spacial score (nSPS) is 16.0. The molecule has 6 nitrogen and oxygen atoms in total. The zero-order valence-electron chi connectivity index (χ0n) is 15.9. The van der Waals surface area contributed by atoms with Crippen LogP contribution in [0.15, 0.2) is 36.4 Å². The third-order valence-electron chi connectivity index (χ3n) is 4.28. The van der Waals surface area contributed by atoms with Gasteiger partial charge in [-0.1, -0.05) is 40.9 Å². The van der Waals surface area contributed by atoms with Gasteiger partial charge in [0.1, 0.15) is 5.75 Å². The summed E-state index contributed by atoms with van der Waals surface area (Å²) < 4.78 is 31.2. The molecule has 1 aliphatic heterocycles. The van der Waals surface area contributed by atoms with Crippen molar-refractivity contribution >= 4 is 68.2 Å². The van der Waals surface area contributed by atoms with E-state index < -0.39 is 16.1 Å². The van der Waals surface area contributed by atoms with E-state index in [1.165, 1.54) is 6.07 Å². The quantitative estimate of drug-likeness (QED) is 0.566. The molecule has 162 valence electrons. The molecule has 1 atom stereocenters. The van der Waals surface area contributed by atoms with Gasteiger partial charge in [0.2, 0.25) is 10.0 Å². The molecule has 0 radical (unpaired) electrons. The highest BCUT2D eigenvalue weighted by Crippen LogP contribution is 2.37. The topological polar surface area (TPSA) is 75.7 Å². The van der Waals surface area contributed by atoms with E-state index in [1.807, 2.05) is 12.1 Å². The molecule has 1 amide bonds. The first-order valence-electron chi connectivity index (χ1n) is 8.88. The van der Waals surface area contributed by atoms with Crippen LogP contribution in [-0.2, 0) is 20.6 Å². The van der Waals surface area contributed by atoms with Crippen molar-refractivity contribution < 1.29 is 17.9 Å². The number of carbonyl (C=O) groups is 1. The molecule has 2 aromatic rings. The van der Waals surface area contributed by atoms with Crippen molar-refractivity contribution in [1.82, 2.24) is 5.32 Å². The Morgan fingerprint density at radius 1 is 1.20 bits per heavy atom. The number of benzene rings is 2. The molecule has 3 rings (SSSR count). The van der Waals surface area contributed by atoms with Crippen LogP contribution in [0.1, 0.15) is 5.56 Å². The van der Waals surface area contributed by atoms with Gasteiger partial charge in [0.05, 0.1) is 28.5 Å². The molecular formula is C19H19Cl3N2O4S2. The first kappa shape index (κ1) is 23.3. The summed E-state index contributed by atoms with van der Waals surface area (Å²) in [7, 11) is -3.60. The number of nitrogens with one attached hydrogen (secondary N) is 1. The first-order valence-corrected chi connectivity index (χ1v) is 13.0. The average Bonchev–Trinajstić information content (AvgIpc) is 2.68. The lowest BCUT2D eigenvalue weighted by molar-refractivity contribution is -0.127. The Bertz CT molecular complexity index is 1050. The van der Waals surface area contributed by atoms with Gasteiger partial charge in [-0.2, -0.15) is 11.8 Å². The van der Waals surface area contributed by atoms with Crippen LogP contribution in [0.25, 0.3) is 0 Å². The fraction of sp³-hybridized carbons (Fsp3) is 0.316. The summed E-state index contributed by atoms with van der Waals surface area (Å²) >= 11 is 19.5. The molecule has 0 saturated heterocycles. The molecule has 11 heteroatoms. The lowest BCUT2D eigenvalue weighted by Crippen LogP contribution is -2.50. The number of hydrogen-bond donors (Lipinski definition) is 1. The number of carbonyl (C=O) groups excluding carboxylic acids is 1. The van der Waals surface area contributed by atoms with Gasteiger partial charge in [-0.3, -0.25) is 9.10 Å². The molecule has 0 fully saturated rings. The summed E-state index contributed by atoms with van der Waals surface area (Å²) in [5, 5.41) is 4.20. The molecule has 2 aromatic carbocycles. The number of nitrogens with zero attached hydrogens (tertiary/aromatic N) is 1. The van der Waals surface area contributed by atoms with E-state index in [2.05, 4.69) is 5.32 Å². The SMILES string of the molecule is CS(=O)(=O)N1C[C@H](C(=O)NCCSCc2ccc(Cl)c(Cl)c2)Oc2ccc(Cl)cc21. The molecule has 0 spiro atoms. The van der Waals surface area contributed by atoms with Crippen LogP contribution < -0.4 is 14.4 Å². The highest BCUT2D eigenvalue weighted by Gasteiger charge is 2.35. The highest BCUT2D eigenvalue weighted by atomic mass is 35.5. The van der Waals surface area contributed by atoms with Gasteiger partial charge in [0.15, 0.2) is 6.10 Å². The molecule has 1 N–H and O–H groups in total. The molecule has 0 aliphatic carbocycles. The molecule has 0 unspecified atom stereocenters. The number of anilines is 1. The summed E-state index contributed by atoms with van der Waals surface area (Å²) in [5.41, 5.74) is 1.36. The molecule has 0 bridgehead atoms. The summed E-state index contributed by atoms with van der Waals surface area (Å²) in [5.74, 6) is 1.31. The number of ether oxygens (including phenoxy) is 1. The standard InChI is InChI=1S/C19H19Cl3N2O4S2/c1-30(26,27)24-10-18(28-17-5-3-13(20)9-16(17)24)19(25)23-6-7-29-11-12-2-4-14(21)15(22)8-12/h2-5,8-9,18H,6-7,10-11H2,1H3,(H,23,25)/t18-/m1/s1. The Hall–Kier alpha value is -1.32. The number of rotatable bonds is 7. The number of sulfonamides is 1. The maximum atomic E-state index is 12.5. The van der Waals surface area contributed by atoms with Crippen molar-refractivity contribution in [2.24, 2.45) is 0 Å². The molecule has 30 heavy (non-hydrogen) atoms. The molecule has 0 saturated carbocycles. The van der Waals surface area contributed by atoms with Gasteiger partial charge >= 0.3 is 0 Å². The van der Waals surface area contributed by atoms with E-state index in [4.69, 9.17) is 39.5 Å². The monoisotopic (exact) mass is 508 g/mol. The third-order valence-corrected chi connectivity index (χ3v) is 7.43. The minimum absolute atomic E-state index is 0.117. The Labute approximate surface area is 194 Å². The summed E-state index contributed by atoms with van der Waals surface area (Å²) in [6, 6.07) is 10.1. The molecule has 1 heterocycles. The Morgan fingerprint density at radius 2 is 1.97 bits per heavy atom. The zero-order valence-corrected chi connectivity index (χ0v) is 19.8. The summed E-state index contributed by atoms with van der Waals surface area (Å²) in [4.78, 5) is 12.5. The fourth-order valence-electron chi connectivity index (χ4n) is 2.85. The molecule has 1 aliphatic rings. The Morgan fingerprint density at radius 3 is 2.67 bits per heavy atom. The van der Waals surface area contributed by atoms with E-state index in [9.17, 15) is 13.2 Å². The fourth-order valence-corrected chi connectivity index (χ4v) is 5.05. The predicted molar refractivity (Wildman–Crippen MR) is 124 cm³/mol. The summed E-state index contributed by atoms with van der Waals surface area (Å²) in [6.07, 6.45) is 0.130. The maximum Gasteiger partial charge on any atom is 0.263 e. The average molecular weight is 510 g/mol. The second-order valence-corrected chi connectivity index (χ2v) is 10.9. The number of halogens is 3. The van der Waals surface area contributed by atoms with Crippen LogP contribution in [0, 0.1) is 0 Å². The second-order valence-electron chi connectivity index (χ2n) is 6.60. The van der Waals surface area contributed by atoms with Gasteiger partial charge in [0, 0.05) is 23.1 Å². The van der Waals surface area contributed by atoms with Crippen LogP contribution in [0.3, 0.4) is 0 Å². The van der Waals surface area contributed by atoms with Gasteiger partial charge in [-0.15, -0.1) is 0 Å². The number of amides is 1. The summed E-state index contributed by atoms with van der Waals surface area (Å²) in [6.45, 7) is 0.297. The zero-order chi connectivity index (χ0) is 21.9. The van der Waals surface area contributed by atoms with Crippen molar-refractivity contribution in [2.75, 3.05) is 29.4 Å². The van der Waals surface area contributed by atoms with Crippen LogP contribution in [-0.4, -0.2) is 45.5 Å². The van der Waals surface area contributed by atoms with Gasteiger partial charge in [0.25, 0.3) is 5.91 Å². The van der Waals surface area contributed by atoms with Crippen LogP contribution in [0.4, 0.5) is 5.69 Å². The van der Waals surface area contributed by atoms with Gasteiger partial charge < -0.3 is 10.1 Å². The molecule has 0 aromatic heterocycles. The predicted octanol–water partition coefficient (Wildman–Crippen LogP) is 4.22. The van der Waals surface area contributed by atoms with Crippen molar-refractivity contribution in [2.45, 2.75) is 11.9 Å². The van der Waals surface area contributed by atoms with E-state index in [1.54, 1.807) is 30.0 Å². The van der Waals surface area contributed by atoms with Crippen molar-refractivity contribution in [1.29, 1.82) is 0 Å². The van der Waals surface area contributed by atoms with E-state index >= 15 is 0 Å². The van der Waals surface area contributed by atoms with E-state index in [0.29, 0.717) is 38.8 Å². The van der Waals surface area contributed by atoms with E-state index in [-0.39, 0.29) is 12.5 Å². The Kier molecular flexibility index (Phi) is 7.68. The van der Waals surface area contributed by atoms with E-state index in [0.717, 1.165) is 21.9 Å². The maximum absolute atomic E-state index is 12.5. The first-order chi connectivity index (χ1) is 14.1. The van der Waals surface area contributed by atoms with Gasteiger partial charge in [-0.25, -0.2) is 8.42 Å². The van der Waals surface area contributed by atoms with Crippen molar-refractivity contribution in [3.63, 3.8) is 0 Å². The van der Waals surface area contributed by atoms with Crippen LogP contribution >= 0.6 is 46.6 Å². The minimum Gasteiger partial charge on any atom is -0.476 e. The van der Waals surface area contributed by atoms with Crippen molar-refractivity contribution in [3.05, 3.63) is 57.0 Å². The van der Waals surface area contributed by atoms with Crippen LogP contribution in [0.5, 0.6) is 5.75 Å². The second kappa shape index (κ2) is 9.87. The molecular weight excluding hydrogens is 491 g/mol. The lowest BCUT2D eigenvalue weighted by Gasteiger charge is -2.34. The number of hydrogen-bond acceptors (Lipinski definition) is 5. The van der Waals surface area contributed by atoms with Gasteiger partial charge in [-0.05, 0) is 35.9 Å². The number of fused-ring (bicyclic) bond motifs is 1. The van der Waals surface area contributed by atoms with Crippen molar-refractivity contribution in [3.8, 4) is 5.75 Å². The third kappa shape index (κ3) is 5.88. The Balaban J connectivity index is 1.54. The number of thioether (sulfide) groups is 1. The minimum atomic E-state index is -3.60.